The predicted molar refractivity (Wildman–Crippen MR) is 131 cm³/mol. The summed E-state index contributed by atoms with van der Waals surface area (Å²) in [6.07, 6.45) is 2.68. The van der Waals surface area contributed by atoms with Crippen LogP contribution in [0.4, 0.5) is 4.79 Å². The number of carboxylic acids is 1. The minimum absolute atomic E-state index is 0.0460. The highest BCUT2D eigenvalue weighted by molar-refractivity contribution is 5.86. The monoisotopic (exact) mass is 466 g/mol. The number of nitrogens with one attached hydrogen (secondary N) is 2. The van der Waals surface area contributed by atoms with Crippen molar-refractivity contribution in [3.8, 4) is 11.1 Å². The molecule has 0 radical (unpaired) electrons. The van der Waals surface area contributed by atoms with Crippen molar-refractivity contribution in [3.05, 3.63) is 59.7 Å². The van der Waals surface area contributed by atoms with E-state index in [1.165, 1.54) is 0 Å². The van der Waals surface area contributed by atoms with Crippen LogP contribution in [-0.2, 0) is 14.3 Å². The number of fused-ring (bicyclic) bond motifs is 3. The molecular formula is C27H34N2O5. The van der Waals surface area contributed by atoms with Gasteiger partial charge in [0.15, 0.2) is 0 Å². The Labute approximate surface area is 200 Å². The number of alkyl carbamates (subject to hydrolysis) is 1. The summed E-state index contributed by atoms with van der Waals surface area (Å²) in [4.78, 5) is 36.1. The van der Waals surface area contributed by atoms with Gasteiger partial charge in [0.2, 0.25) is 5.91 Å². The summed E-state index contributed by atoms with van der Waals surface area (Å²) in [5.74, 6) is -1.17. The average Bonchev–Trinajstić information content (AvgIpc) is 3.13. The van der Waals surface area contributed by atoms with Crippen molar-refractivity contribution < 1.29 is 24.2 Å². The van der Waals surface area contributed by atoms with Crippen LogP contribution in [0.15, 0.2) is 48.5 Å². The van der Waals surface area contributed by atoms with Crippen molar-refractivity contribution in [3.63, 3.8) is 0 Å². The van der Waals surface area contributed by atoms with Gasteiger partial charge in [-0.15, -0.1) is 0 Å². The average molecular weight is 467 g/mol. The summed E-state index contributed by atoms with van der Waals surface area (Å²) in [7, 11) is 0. The smallest absolute Gasteiger partial charge is 0.407 e. The van der Waals surface area contributed by atoms with Crippen LogP contribution >= 0.6 is 0 Å². The first-order chi connectivity index (χ1) is 16.4. The Hall–Kier alpha value is -3.35. The molecule has 1 aliphatic rings. The lowest BCUT2D eigenvalue weighted by Crippen LogP contribution is -2.49. The maximum Gasteiger partial charge on any atom is 0.407 e. The van der Waals surface area contributed by atoms with Gasteiger partial charge in [0.25, 0.3) is 0 Å². The fourth-order valence-corrected chi connectivity index (χ4v) is 4.43. The highest BCUT2D eigenvalue weighted by atomic mass is 16.5. The number of unbranched alkanes of at least 4 members (excludes halogenated alkanes) is 1. The normalized spacial score (nSPS) is 13.9. The second kappa shape index (κ2) is 12.2. The molecule has 2 amide bonds. The van der Waals surface area contributed by atoms with Crippen LogP contribution in [0, 0.1) is 0 Å². The van der Waals surface area contributed by atoms with Gasteiger partial charge in [-0.25, -0.2) is 4.79 Å². The van der Waals surface area contributed by atoms with Crippen LogP contribution < -0.4 is 10.6 Å². The maximum absolute atomic E-state index is 12.8. The molecule has 2 atom stereocenters. The lowest BCUT2D eigenvalue weighted by molar-refractivity contribution is -0.137. The van der Waals surface area contributed by atoms with Gasteiger partial charge in [0.1, 0.15) is 12.6 Å². The Bertz CT molecular complexity index is 961. The van der Waals surface area contributed by atoms with Crippen LogP contribution in [0.3, 0.4) is 0 Å². The van der Waals surface area contributed by atoms with Crippen LogP contribution in [0.1, 0.15) is 69.4 Å². The third-order valence-electron chi connectivity index (χ3n) is 6.22. The van der Waals surface area contributed by atoms with E-state index in [0.717, 1.165) is 35.1 Å². The van der Waals surface area contributed by atoms with Gasteiger partial charge in [-0.05, 0) is 48.4 Å². The van der Waals surface area contributed by atoms with Crippen LogP contribution in [0.25, 0.3) is 11.1 Å². The van der Waals surface area contributed by atoms with E-state index < -0.39 is 18.1 Å². The number of aliphatic carboxylic acids is 1. The number of amides is 2. The molecule has 0 saturated carbocycles. The summed E-state index contributed by atoms with van der Waals surface area (Å²) in [6.45, 7) is 4.05. The van der Waals surface area contributed by atoms with Crippen molar-refractivity contribution in [1.29, 1.82) is 0 Å². The minimum atomic E-state index is -0.851. The molecule has 34 heavy (non-hydrogen) atoms. The first-order valence-corrected chi connectivity index (χ1v) is 12.0. The number of carboxylic acid groups (broad SMARTS) is 1. The molecule has 182 valence electrons. The molecule has 2 aromatic carbocycles. The highest BCUT2D eigenvalue weighted by Gasteiger charge is 2.29. The van der Waals surface area contributed by atoms with Crippen LogP contribution in [0.2, 0.25) is 0 Å². The van der Waals surface area contributed by atoms with E-state index in [4.69, 9.17) is 9.84 Å². The Balaban J connectivity index is 1.57. The quantitative estimate of drug-likeness (QED) is 0.415. The number of hydrogen-bond donors (Lipinski definition) is 3. The Kier molecular flexibility index (Phi) is 9.08. The van der Waals surface area contributed by atoms with E-state index in [1.807, 2.05) is 38.1 Å². The first kappa shape index (κ1) is 25.3. The Morgan fingerprint density at radius 3 is 2.15 bits per heavy atom. The van der Waals surface area contributed by atoms with Crippen molar-refractivity contribution in [2.24, 2.45) is 0 Å². The highest BCUT2D eigenvalue weighted by Crippen LogP contribution is 2.44. The molecule has 0 fully saturated rings. The van der Waals surface area contributed by atoms with Gasteiger partial charge in [-0.2, -0.15) is 0 Å². The lowest BCUT2D eigenvalue weighted by atomic mass is 9.98. The van der Waals surface area contributed by atoms with Gasteiger partial charge in [0, 0.05) is 18.4 Å². The van der Waals surface area contributed by atoms with E-state index in [0.29, 0.717) is 19.3 Å². The van der Waals surface area contributed by atoms with E-state index in [9.17, 15) is 14.4 Å². The zero-order chi connectivity index (χ0) is 24.5. The largest absolute Gasteiger partial charge is 0.481 e. The molecule has 2 aromatic rings. The number of carbonyl (C=O) groups excluding carboxylic acids is 2. The van der Waals surface area contributed by atoms with E-state index in [2.05, 4.69) is 34.9 Å². The molecule has 7 heteroatoms. The summed E-state index contributed by atoms with van der Waals surface area (Å²) in [5.41, 5.74) is 4.58. The molecular weight excluding hydrogens is 432 g/mol. The van der Waals surface area contributed by atoms with Gasteiger partial charge >= 0.3 is 12.1 Å². The van der Waals surface area contributed by atoms with E-state index in [1.54, 1.807) is 0 Å². The molecule has 1 unspecified atom stereocenters. The fraction of sp³-hybridized carbons (Fsp3) is 0.444. The number of carbonyl (C=O) groups is 3. The zero-order valence-electron chi connectivity index (χ0n) is 19.9. The van der Waals surface area contributed by atoms with Crippen molar-refractivity contribution in [2.75, 3.05) is 6.61 Å². The molecule has 3 rings (SSSR count). The number of benzene rings is 2. The molecule has 0 spiro atoms. The van der Waals surface area contributed by atoms with Crippen molar-refractivity contribution in [1.82, 2.24) is 10.6 Å². The fourth-order valence-electron chi connectivity index (χ4n) is 4.43. The third kappa shape index (κ3) is 6.59. The maximum atomic E-state index is 12.8. The summed E-state index contributed by atoms with van der Waals surface area (Å²) < 4.78 is 5.60. The van der Waals surface area contributed by atoms with E-state index in [-0.39, 0.29) is 30.9 Å². The number of rotatable bonds is 12. The van der Waals surface area contributed by atoms with Gasteiger partial charge < -0.3 is 20.5 Å². The Morgan fingerprint density at radius 2 is 1.56 bits per heavy atom. The predicted octanol–water partition coefficient (Wildman–Crippen LogP) is 4.84. The standard InChI is InChI=1S/C27H34N2O5/c1-3-4-15-24(26(32)28-18(2)10-9-16-25(30)31)29-27(33)34-17-23-21-13-7-5-11-19(21)20-12-6-8-14-22(20)23/h5-8,11-14,18,23-24H,3-4,9-10,15-17H2,1-2H3,(H,28,32)(H,29,33)(H,30,31)/t18?,24-/m0/s1. The van der Waals surface area contributed by atoms with Crippen LogP contribution in [0.5, 0.6) is 0 Å². The molecule has 3 N–H and O–H groups in total. The number of hydrogen-bond acceptors (Lipinski definition) is 4. The second-order valence-corrected chi connectivity index (χ2v) is 8.86. The minimum Gasteiger partial charge on any atom is -0.481 e. The van der Waals surface area contributed by atoms with Crippen molar-refractivity contribution >= 4 is 18.0 Å². The third-order valence-corrected chi connectivity index (χ3v) is 6.22. The summed E-state index contributed by atoms with van der Waals surface area (Å²) in [5, 5.41) is 14.4. The molecule has 1 aliphatic carbocycles. The summed E-state index contributed by atoms with van der Waals surface area (Å²) in [6, 6.07) is 15.4. The summed E-state index contributed by atoms with van der Waals surface area (Å²) >= 11 is 0. The van der Waals surface area contributed by atoms with E-state index >= 15 is 0 Å². The molecule has 0 bridgehead atoms. The number of ether oxygens (including phenoxy) is 1. The van der Waals surface area contributed by atoms with Crippen LogP contribution in [-0.4, -0.2) is 41.8 Å². The Morgan fingerprint density at radius 1 is 0.941 bits per heavy atom. The molecule has 0 aliphatic heterocycles. The van der Waals surface area contributed by atoms with Gasteiger partial charge in [0.05, 0.1) is 0 Å². The zero-order valence-corrected chi connectivity index (χ0v) is 19.9. The molecule has 7 nitrogen and oxygen atoms in total. The van der Waals surface area contributed by atoms with Crippen molar-refractivity contribution in [2.45, 2.75) is 70.4 Å². The lowest BCUT2D eigenvalue weighted by Gasteiger charge is -2.22. The SMILES string of the molecule is CCCC[C@H](NC(=O)OCC1c2ccccc2-c2ccccc21)C(=O)NC(C)CCCC(=O)O. The topological polar surface area (TPSA) is 105 Å². The van der Waals surface area contributed by atoms with Gasteiger partial charge in [-0.1, -0.05) is 68.3 Å². The molecule has 0 aromatic heterocycles. The molecule has 0 heterocycles. The van der Waals surface area contributed by atoms with Gasteiger partial charge in [-0.3, -0.25) is 9.59 Å². The second-order valence-electron chi connectivity index (χ2n) is 8.86. The first-order valence-electron chi connectivity index (χ1n) is 12.0. The molecule has 0 saturated heterocycles.